The molecule has 0 fully saturated rings. The van der Waals surface area contributed by atoms with Crippen LogP contribution in [0.4, 0.5) is 0 Å². The number of hydrogen-bond acceptors (Lipinski definition) is 1. The molecule has 1 heteroatoms. The van der Waals surface area contributed by atoms with Crippen molar-refractivity contribution in [2.45, 2.75) is 32.6 Å². The summed E-state index contributed by atoms with van der Waals surface area (Å²) in [5.74, 6) is 0.748. The molecule has 0 bridgehead atoms. The smallest absolute Gasteiger partial charge is 0.161 e. The lowest BCUT2D eigenvalue weighted by molar-refractivity contribution is -0.118. The summed E-state index contributed by atoms with van der Waals surface area (Å²) < 4.78 is 0. The first-order valence-corrected chi connectivity index (χ1v) is 4.04. The molecule has 0 amide bonds. The van der Waals surface area contributed by atoms with Crippen molar-refractivity contribution < 1.29 is 4.79 Å². The van der Waals surface area contributed by atoms with Crippen molar-refractivity contribution in [2.24, 2.45) is 5.92 Å². The summed E-state index contributed by atoms with van der Waals surface area (Å²) in [5.41, 5.74) is 2.66. The van der Waals surface area contributed by atoms with Crippen LogP contribution in [0, 0.1) is 5.92 Å². The Morgan fingerprint density at radius 3 is 2.90 bits per heavy atom. The zero-order valence-electron chi connectivity index (χ0n) is 6.31. The first-order chi connectivity index (χ1) is 4.79. The molecule has 0 saturated heterocycles. The topological polar surface area (TPSA) is 17.1 Å². The fourth-order valence-electron chi connectivity index (χ4n) is 2.09. The zero-order valence-corrected chi connectivity index (χ0v) is 6.31. The summed E-state index contributed by atoms with van der Waals surface area (Å²) in [5, 5.41) is 0. The van der Waals surface area contributed by atoms with Gasteiger partial charge in [-0.3, -0.25) is 4.79 Å². The standard InChI is InChI=1S/C9H12O/c1-6-5-7-3-2-4-8(7)9(6)10/h6H,2-5H2,1H3. The maximum absolute atomic E-state index is 11.3. The van der Waals surface area contributed by atoms with Gasteiger partial charge in [0.1, 0.15) is 0 Å². The van der Waals surface area contributed by atoms with Crippen LogP contribution in [0.15, 0.2) is 11.1 Å². The second-order valence-electron chi connectivity index (χ2n) is 3.41. The third kappa shape index (κ3) is 0.664. The summed E-state index contributed by atoms with van der Waals surface area (Å²) in [6, 6.07) is 0. The highest BCUT2D eigenvalue weighted by Crippen LogP contribution is 2.38. The summed E-state index contributed by atoms with van der Waals surface area (Å²) in [7, 11) is 0. The monoisotopic (exact) mass is 136 g/mol. The van der Waals surface area contributed by atoms with Crippen molar-refractivity contribution in [3.8, 4) is 0 Å². The molecule has 2 aliphatic carbocycles. The van der Waals surface area contributed by atoms with E-state index in [4.69, 9.17) is 0 Å². The van der Waals surface area contributed by atoms with Gasteiger partial charge in [0.25, 0.3) is 0 Å². The van der Waals surface area contributed by atoms with Gasteiger partial charge >= 0.3 is 0 Å². The lowest BCUT2D eigenvalue weighted by Crippen LogP contribution is -2.05. The Balaban J connectivity index is 2.30. The van der Waals surface area contributed by atoms with E-state index in [9.17, 15) is 4.79 Å². The fraction of sp³-hybridized carbons (Fsp3) is 0.667. The van der Waals surface area contributed by atoms with Gasteiger partial charge in [-0.25, -0.2) is 0 Å². The van der Waals surface area contributed by atoms with Gasteiger partial charge in [-0.2, -0.15) is 0 Å². The van der Waals surface area contributed by atoms with E-state index in [0.717, 1.165) is 12.8 Å². The van der Waals surface area contributed by atoms with Crippen molar-refractivity contribution in [3.63, 3.8) is 0 Å². The molecular formula is C9H12O. The molecule has 0 aromatic carbocycles. The lowest BCUT2D eigenvalue weighted by Gasteiger charge is -2.01. The SMILES string of the molecule is CC1CC2=C(CCC2)C1=O. The predicted molar refractivity (Wildman–Crippen MR) is 39.7 cm³/mol. The van der Waals surface area contributed by atoms with E-state index in [0.29, 0.717) is 11.7 Å². The van der Waals surface area contributed by atoms with Crippen molar-refractivity contribution in [1.82, 2.24) is 0 Å². The fourth-order valence-corrected chi connectivity index (χ4v) is 2.09. The molecule has 0 saturated carbocycles. The van der Waals surface area contributed by atoms with Gasteiger partial charge < -0.3 is 0 Å². The van der Waals surface area contributed by atoms with Crippen LogP contribution in [0.1, 0.15) is 32.6 Å². The number of ketones is 1. The quantitative estimate of drug-likeness (QED) is 0.498. The highest BCUT2D eigenvalue weighted by Gasteiger charge is 2.31. The van der Waals surface area contributed by atoms with Crippen molar-refractivity contribution in [1.29, 1.82) is 0 Å². The second kappa shape index (κ2) is 1.94. The summed E-state index contributed by atoms with van der Waals surface area (Å²) in [4.78, 5) is 11.3. The molecule has 1 atom stereocenters. The summed E-state index contributed by atoms with van der Waals surface area (Å²) >= 11 is 0. The Bertz CT molecular complexity index is 213. The van der Waals surface area contributed by atoms with Crippen LogP contribution in [-0.2, 0) is 4.79 Å². The number of carbonyl (C=O) groups excluding carboxylic acids is 1. The minimum absolute atomic E-state index is 0.310. The molecule has 0 radical (unpaired) electrons. The second-order valence-corrected chi connectivity index (χ2v) is 3.41. The van der Waals surface area contributed by atoms with Crippen LogP contribution in [0.2, 0.25) is 0 Å². The molecule has 0 aromatic rings. The largest absolute Gasteiger partial charge is 0.294 e. The normalized spacial score (nSPS) is 31.7. The molecule has 1 unspecified atom stereocenters. The van der Waals surface area contributed by atoms with E-state index in [2.05, 4.69) is 0 Å². The zero-order chi connectivity index (χ0) is 7.14. The number of allylic oxidation sites excluding steroid dienone is 2. The van der Waals surface area contributed by atoms with Gasteiger partial charge in [0.05, 0.1) is 0 Å². The Kier molecular flexibility index (Phi) is 1.19. The first kappa shape index (κ1) is 6.14. The van der Waals surface area contributed by atoms with Gasteiger partial charge in [-0.05, 0) is 31.3 Å². The average molecular weight is 136 g/mol. The van der Waals surface area contributed by atoms with Gasteiger partial charge in [-0.1, -0.05) is 12.5 Å². The highest BCUT2D eigenvalue weighted by molar-refractivity contribution is 6.00. The molecule has 54 valence electrons. The van der Waals surface area contributed by atoms with Gasteiger partial charge in [0.15, 0.2) is 5.78 Å². The number of rotatable bonds is 0. The maximum Gasteiger partial charge on any atom is 0.161 e. The van der Waals surface area contributed by atoms with Crippen LogP contribution < -0.4 is 0 Å². The third-order valence-electron chi connectivity index (χ3n) is 2.63. The van der Waals surface area contributed by atoms with Crippen molar-refractivity contribution in [2.75, 3.05) is 0 Å². The average Bonchev–Trinajstić information content (AvgIpc) is 2.41. The molecule has 0 aliphatic heterocycles. The molecule has 10 heavy (non-hydrogen) atoms. The molecule has 0 spiro atoms. The van der Waals surface area contributed by atoms with Gasteiger partial charge in [0, 0.05) is 5.92 Å². The Labute approximate surface area is 61.1 Å². The number of Topliss-reactive ketones (excluding diaryl/α,β-unsaturated/α-hetero) is 1. The minimum Gasteiger partial charge on any atom is -0.294 e. The first-order valence-electron chi connectivity index (χ1n) is 4.04. The molecule has 0 N–H and O–H groups in total. The highest BCUT2D eigenvalue weighted by atomic mass is 16.1. The van der Waals surface area contributed by atoms with E-state index in [-0.39, 0.29) is 0 Å². The van der Waals surface area contributed by atoms with E-state index >= 15 is 0 Å². The van der Waals surface area contributed by atoms with E-state index in [1.54, 1.807) is 0 Å². The molecule has 0 aromatic heterocycles. The molecular weight excluding hydrogens is 124 g/mol. The predicted octanol–water partition coefficient (Wildman–Crippen LogP) is 2.08. The van der Waals surface area contributed by atoms with Gasteiger partial charge in [-0.15, -0.1) is 0 Å². The number of carbonyl (C=O) groups is 1. The van der Waals surface area contributed by atoms with E-state index < -0.39 is 0 Å². The minimum atomic E-state index is 0.310. The van der Waals surface area contributed by atoms with Crippen LogP contribution in [-0.4, -0.2) is 5.78 Å². The molecule has 2 aliphatic rings. The van der Waals surface area contributed by atoms with Crippen molar-refractivity contribution in [3.05, 3.63) is 11.1 Å². The number of hydrogen-bond donors (Lipinski definition) is 0. The Morgan fingerprint density at radius 2 is 2.20 bits per heavy atom. The molecule has 0 heterocycles. The lowest BCUT2D eigenvalue weighted by atomic mass is 10.0. The Hall–Kier alpha value is -0.590. The van der Waals surface area contributed by atoms with Crippen LogP contribution in [0.5, 0.6) is 0 Å². The Morgan fingerprint density at radius 1 is 1.40 bits per heavy atom. The maximum atomic E-state index is 11.3. The van der Waals surface area contributed by atoms with Crippen molar-refractivity contribution >= 4 is 5.78 Å². The summed E-state index contributed by atoms with van der Waals surface area (Å²) in [6.45, 7) is 2.04. The summed E-state index contributed by atoms with van der Waals surface area (Å²) in [6.07, 6.45) is 4.56. The van der Waals surface area contributed by atoms with Crippen LogP contribution >= 0.6 is 0 Å². The molecule has 1 nitrogen and oxygen atoms in total. The van der Waals surface area contributed by atoms with E-state index in [1.807, 2.05) is 6.92 Å². The van der Waals surface area contributed by atoms with E-state index in [1.165, 1.54) is 24.0 Å². The van der Waals surface area contributed by atoms with Crippen LogP contribution in [0.25, 0.3) is 0 Å². The van der Waals surface area contributed by atoms with Crippen LogP contribution in [0.3, 0.4) is 0 Å². The molecule has 2 rings (SSSR count). The third-order valence-corrected chi connectivity index (χ3v) is 2.63. The van der Waals surface area contributed by atoms with Gasteiger partial charge in [0.2, 0.25) is 0 Å².